The number of rotatable bonds is 2. The number of hydrogen-bond donors (Lipinski definition) is 1. The van der Waals surface area contributed by atoms with E-state index >= 15 is 0 Å². The van der Waals surface area contributed by atoms with Crippen LogP contribution in [-0.4, -0.2) is 45.2 Å². The number of H-pyrrole nitrogens is 1. The van der Waals surface area contributed by atoms with Crippen molar-refractivity contribution in [3.8, 4) is 0 Å². The number of hydrogen-bond acceptors (Lipinski definition) is 2. The molecule has 1 aliphatic carbocycles. The summed E-state index contributed by atoms with van der Waals surface area (Å²) in [6.45, 7) is 2.30. The Morgan fingerprint density at radius 1 is 0.938 bits per heavy atom. The molecule has 3 heterocycles. The summed E-state index contributed by atoms with van der Waals surface area (Å²) in [5, 5.41) is 1.16. The number of carbonyl (C=O) groups excluding carboxylic acids is 2. The van der Waals surface area contributed by atoms with Crippen LogP contribution in [0.3, 0.4) is 0 Å². The Bertz CT molecular complexity index is 1210. The fourth-order valence-electron chi connectivity index (χ4n) is 6.21. The van der Waals surface area contributed by atoms with Crippen molar-refractivity contribution in [2.45, 2.75) is 63.6 Å². The lowest BCUT2D eigenvalue weighted by molar-refractivity contribution is -0.161. The first-order valence-electron chi connectivity index (χ1n) is 11.9. The minimum Gasteiger partial charge on any atom is -0.356 e. The largest absolute Gasteiger partial charge is 0.356 e. The lowest BCUT2D eigenvalue weighted by Gasteiger charge is -2.49. The highest BCUT2D eigenvalue weighted by atomic mass is 16.2. The van der Waals surface area contributed by atoms with Gasteiger partial charge in [-0.25, -0.2) is 0 Å². The first-order valence-corrected chi connectivity index (χ1v) is 11.9. The molecule has 1 aromatic heterocycles. The maximum Gasteiger partial charge on any atom is 0.246 e. The van der Waals surface area contributed by atoms with Gasteiger partial charge in [0.2, 0.25) is 11.8 Å². The van der Waals surface area contributed by atoms with Gasteiger partial charge in [-0.15, -0.1) is 0 Å². The van der Waals surface area contributed by atoms with Crippen molar-refractivity contribution in [3.05, 3.63) is 70.9 Å². The molecule has 5 heteroatoms. The zero-order valence-corrected chi connectivity index (χ0v) is 18.5. The summed E-state index contributed by atoms with van der Waals surface area (Å²) in [5.41, 5.74) is 5.54. The Morgan fingerprint density at radius 3 is 2.50 bits per heavy atom. The van der Waals surface area contributed by atoms with Crippen molar-refractivity contribution >= 4 is 22.7 Å². The van der Waals surface area contributed by atoms with Gasteiger partial charge in [0.1, 0.15) is 12.6 Å². The van der Waals surface area contributed by atoms with Gasteiger partial charge in [-0.05, 0) is 42.5 Å². The number of carbonyl (C=O) groups is 2. The Labute approximate surface area is 188 Å². The number of nitrogens with one attached hydrogen (secondary N) is 1. The molecule has 3 aromatic rings. The van der Waals surface area contributed by atoms with E-state index in [0.29, 0.717) is 6.42 Å². The zero-order valence-electron chi connectivity index (χ0n) is 18.5. The van der Waals surface area contributed by atoms with Crippen LogP contribution < -0.4 is 0 Å². The third kappa shape index (κ3) is 2.90. The van der Waals surface area contributed by atoms with Crippen molar-refractivity contribution < 1.29 is 9.59 Å². The minimum absolute atomic E-state index is 0.0673. The number of amides is 2. The number of aromatic amines is 1. The van der Waals surface area contributed by atoms with Crippen molar-refractivity contribution in [2.24, 2.45) is 0 Å². The van der Waals surface area contributed by atoms with Gasteiger partial charge in [-0.1, -0.05) is 61.7 Å². The van der Waals surface area contributed by atoms with Crippen LogP contribution in [0.4, 0.5) is 0 Å². The molecule has 1 N–H and O–H groups in total. The summed E-state index contributed by atoms with van der Waals surface area (Å²) in [5.74, 6) is 0.198. The Balaban J connectivity index is 1.50. The lowest BCUT2D eigenvalue weighted by atomic mass is 9.84. The first-order chi connectivity index (χ1) is 15.6. The van der Waals surface area contributed by atoms with Crippen LogP contribution in [0, 0.1) is 6.92 Å². The molecule has 2 aliphatic heterocycles. The van der Waals surface area contributed by atoms with Gasteiger partial charge in [0.05, 0.1) is 6.04 Å². The van der Waals surface area contributed by atoms with Crippen LogP contribution in [0.1, 0.15) is 60.5 Å². The van der Waals surface area contributed by atoms with Crippen LogP contribution in [-0.2, 0) is 16.0 Å². The molecule has 0 bridgehead atoms. The number of para-hydroxylation sites is 1. The van der Waals surface area contributed by atoms with Gasteiger partial charge < -0.3 is 14.8 Å². The molecule has 2 unspecified atom stereocenters. The van der Waals surface area contributed by atoms with Gasteiger partial charge >= 0.3 is 0 Å². The monoisotopic (exact) mass is 427 g/mol. The summed E-state index contributed by atoms with van der Waals surface area (Å²) in [6.07, 6.45) is 6.15. The quantitative estimate of drug-likeness (QED) is 0.655. The van der Waals surface area contributed by atoms with Crippen LogP contribution in [0.5, 0.6) is 0 Å². The smallest absolute Gasteiger partial charge is 0.246 e. The van der Waals surface area contributed by atoms with Gasteiger partial charge in [-0.3, -0.25) is 9.59 Å². The third-order valence-corrected chi connectivity index (χ3v) is 7.79. The average Bonchev–Trinajstić information content (AvgIpc) is 3.20. The lowest BCUT2D eigenvalue weighted by Crippen LogP contribution is -2.65. The highest BCUT2D eigenvalue weighted by molar-refractivity contribution is 5.98. The zero-order chi connectivity index (χ0) is 21.8. The third-order valence-electron chi connectivity index (χ3n) is 7.79. The van der Waals surface area contributed by atoms with Gasteiger partial charge in [-0.2, -0.15) is 0 Å². The van der Waals surface area contributed by atoms with Gasteiger partial charge in [0.15, 0.2) is 0 Å². The Kier molecular flexibility index (Phi) is 4.60. The van der Waals surface area contributed by atoms with Gasteiger partial charge in [0.25, 0.3) is 0 Å². The van der Waals surface area contributed by atoms with E-state index in [0.717, 1.165) is 53.4 Å². The summed E-state index contributed by atoms with van der Waals surface area (Å²) >= 11 is 0. The van der Waals surface area contributed by atoms with Crippen LogP contribution in [0.25, 0.3) is 10.9 Å². The average molecular weight is 428 g/mol. The molecule has 6 rings (SSSR count). The molecule has 2 aromatic carbocycles. The van der Waals surface area contributed by atoms with Crippen molar-refractivity contribution in [3.63, 3.8) is 0 Å². The predicted molar refractivity (Wildman–Crippen MR) is 124 cm³/mol. The normalized spacial score (nSPS) is 24.0. The van der Waals surface area contributed by atoms with E-state index in [1.807, 2.05) is 34.1 Å². The molecular formula is C27H29N3O2. The maximum atomic E-state index is 13.9. The predicted octanol–water partition coefficient (Wildman–Crippen LogP) is 4.49. The maximum absolute atomic E-state index is 13.9. The Morgan fingerprint density at radius 2 is 1.69 bits per heavy atom. The second-order valence-corrected chi connectivity index (χ2v) is 9.60. The molecule has 1 saturated heterocycles. The molecule has 5 nitrogen and oxygen atoms in total. The fraction of sp³-hybridized carbons (Fsp3) is 0.407. The van der Waals surface area contributed by atoms with E-state index in [1.54, 1.807) is 0 Å². The highest BCUT2D eigenvalue weighted by Crippen LogP contribution is 2.43. The van der Waals surface area contributed by atoms with E-state index < -0.39 is 6.04 Å². The fourth-order valence-corrected chi connectivity index (χ4v) is 6.21. The minimum atomic E-state index is -0.436. The molecule has 32 heavy (non-hydrogen) atoms. The number of aromatic nitrogens is 1. The van der Waals surface area contributed by atoms with Crippen LogP contribution >= 0.6 is 0 Å². The molecule has 3 aliphatic rings. The number of benzene rings is 2. The van der Waals surface area contributed by atoms with E-state index in [9.17, 15) is 9.59 Å². The summed E-state index contributed by atoms with van der Waals surface area (Å²) < 4.78 is 0. The summed E-state index contributed by atoms with van der Waals surface area (Å²) in [4.78, 5) is 34.9. The van der Waals surface area contributed by atoms with Crippen LogP contribution in [0.2, 0.25) is 0 Å². The Hall–Kier alpha value is -3.08. The van der Waals surface area contributed by atoms with E-state index in [1.165, 1.54) is 12.0 Å². The van der Waals surface area contributed by atoms with E-state index in [4.69, 9.17) is 0 Å². The molecule has 2 fully saturated rings. The number of fused-ring (bicyclic) bond motifs is 4. The molecule has 164 valence electrons. The molecule has 1 saturated carbocycles. The summed E-state index contributed by atoms with van der Waals surface area (Å²) in [6, 6.07) is 16.0. The molecular weight excluding hydrogens is 398 g/mol. The van der Waals surface area contributed by atoms with Gasteiger partial charge in [0, 0.05) is 29.1 Å². The second-order valence-electron chi connectivity index (χ2n) is 9.60. The number of nitrogens with zero attached hydrogens (tertiary/aromatic N) is 2. The molecule has 2 amide bonds. The SMILES string of the molecule is Cc1ccccc1C1c2[nH]c3ccccc3c2CC2C(=O)N(C3CCCCC3)CC(=O)N21. The van der Waals surface area contributed by atoms with E-state index in [2.05, 4.69) is 36.2 Å². The van der Waals surface area contributed by atoms with Crippen molar-refractivity contribution in [1.82, 2.24) is 14.8 Å². The molecule has 0 spiro atoms. The topological polar surface area (TPSA) is 56.4 Å². The molecule has 0 radical (unpaired) electrons. The highest BCUT2D eigenvalue weighted by Gasteiger charge is 2.49. The standard InChI is InChI=1S/C27H29N3O2/c1-17-9-5-6-12-19(17)26-25-21(20-13-7-8-14-22(20)28-25)15-23-27(32)29(16-24(31)30(23)26)18-10-3-2-4-11-18/h5-9,12-14,18,23,26,28H,2-4,10-11,15-16H2,1H3. The summed E-state index contributed by atoms with van der Waals surface area (Å²) in [7, 11) is 0. The van der Waals surface area contributed by atoms with Crippen molar-refractivity contribution in [2.75, 3.05) is 6.54 Å². The number of piperazine rings is 1. The van der Waals surface area contributed by atoms with E-state index in [-0.39, 0.29) is 30.4 Å². The first kappa shape index (κ1) is 19.6. The van der Waals surface area contributed by atoms with Crippen molar-refractivity contribution in [1.29, 1.82) is 0 Å². The number of aryl methyl sites for hydroxylation is 1. The van der Waals surface area contributed by atoms with Crippen LogP contribution in [0.15, 0.2) is 48.5 Å². The second kappa shape index (κ2) is 7.51. The molecule has 2 atom stereocenters.